The summed E-state index contributed by atoms with van der Waals surface area (Å²) in [4.78, 5) is 21.4. The summed E-state index contributed by atoms with van der Waals surface area (Å²) in [6.07, 6.45) is 4.71. The molecular formula is C21H16ClFN4O2S. The van der Waals surface area contributed by atoms with E-state index in [2.05, 4.69) is 15.3 Å². The fraction of sp³-hybridized carbons (Fsp3) is 0.0952. The quantitative estimate of drug-likeness (QED) is 0.442. The summed E-state index contributed by atoms with van der Waals surface area (Å²) < 4.78 is 21.6. The van der Waals surface area contributed by atoms with E-state index in [4.69, 9.17) is 16.3 Å². The van der Waals surface area contributed by atoms with Crippen molar-refractivity contribution in [2.75, 3.05) is 5.32 Å². The van der Waals surface area contributed by atoms with Gasteiger partial charge in [-0.05, 0) is 49.4 Å². The number of anilines is 1. The second-order valence-corrected chi connectivity index (χ2v) is 7.88. The molecule has 6 nitrogen and oxygen atoms in total. The van der Waals surface area contributed by atoms with Crippen molar-refractivity contribution in [3.63, 3.8) is 0 Å². The number of thiazole rings is 1. The van der Waals surface area contributed by atoms with Crippen LogP contribution in [0.2, 0.25) is 5.02 Å². The predicted octanol–water partition coefficient (Wildman–Crippen LogP) is 5.26. The van der Waals surface area contributed by atoms with Crippen LogP contribution >= 0.6 is 22.9 Å². The van der Waals surface area contributed by atoms with Crippen molar-refractivity contribution >= 4 is 34.5 Å². The summed E-state index contributed by atoms with van der Waals surface area (Å²) in [6.45, 7) is 1.98. The van der Waals surface area contributed by atoms with Crippen molar-refractivity contribution in [3.8, 4) is 11.4 Å². The lowest BCUT2D eigenvalue weighted by atomic mass is 10.2. The van der Waals surface area contributed by atoms with Crippen molar-refractivity contribution in [1.29, 1.82) is 0 Å². The van der Waals surface area contributed by atoms with Gasteiger partial charge in [0.15, 0.2) is 0 Å². The van der Waals surface area contributed by atoms with Gasteiger partial charge in [0.25, 0.3) is 5.91 Å². The number of hydrogen-bond donors (Lipinski definition) is 1. The number of carbonyl (C=O) groups is 1. The average molecular weight is 443 g/mol. The maximum Gasteiger partial charge on any atom is 0.267 e. The van der Waals surface area contributed by atoms with Crippen LogP contribution in [0.3, 0.4) is 0 Å². The molecule has 0 bridgehead atoms. The number of nitrogens with one attached hydrogen (secondary N) is 1. The standard InChI is InChI=1S/C21H16ClFN4O2S/c1-13-20(30-19(25-13)11-29-16-5-2-14(22)3-6-16)21(28)26-15-4-7-18(17(23)10-15)27-9-8-24-12-27/h2-10,12H,11H2,1H3,(H,26,28). The maximum absolute atomic E-state index is 14.4. The highest BCUT2D eigenvalue weighted by Gasteiger charge is 2.17. The Morgan fingerprint density at radius 2 is 2.07 bits per heavy atom. The molecule has 0 saturated carbocycles. The molecule has 2 aromatic carbocycles. The first kappa shape index (κ1) is 20.1. The van der Waals surface area contributed by atoms with Crippen LogP contribution in [-0.2, 0) is 6.61 Å². The number of carbonyl (C=O) groups excluding carboxylic acids is 1. The third kappa shape index (κ3) is 4.50. The van der Waals surface area contributed by atoms with Gasteiger partial charge in [-0.2, -0.15) is 0 Å². The molecule has 0 aliphatic rings. The fourth-order valence-electron chi connectivity index (χ4n) is 2.78. The number of amides is 1. The van der Waals surface area contributed by atoms with Gasteiger partial charge in [-0.3, -0.25) is 4.79 Å². The molecule has 0 aliphatic heterocycles. The number of aryl methyl sites for hydroxylation is 1. The van der Waals surface area contributed by atoms with Gasteiger partial charge in [0.05, 0.1) is 17.7 Å². The third-order valence-electron chi connectivity index (χ3n) is 4.21. The van der Waals surface area contributed by atoms with Crippen molar-refractivity contribution in [3.05, 3.63) is 87.6 Å². The number of ether oxygens (including phenoxy) is 1. The molecule has 4 rings (SSSR count). The SMILES string of the molecule is Cc1nc(COc2ccc(Cl)cc2)sc1C(=O)Nc1ccc(-n2ccnc2)c(F)c1. The Kier molecular flexibility index (Phi) is 5.78. The number of benzene rings is 2. The molecule has 0 radical (unpaired) electrons. The monoisotopic (exact) mass is 442 g/mol. The summed E-state index contributed by atoms with van der Waals surface area (Å²) in [5, 5.41) is 4.00. The summed E-state index contributed by atoms with van der Waals surface area (Å²) in [6, 6.07) is 11.5. The molecule has 0 aliphatic carbocycles. The Bertz CT molecular complexity index is 1180. The zero-order valence-corrected chi connectivity index (χ0v) is 17.4. The minimum Gasteiger partial charge on any atom is -0.486 e. The van der Waals surface area contributed by atoms with Gasteiger partial charge in [-0.1, -0.05) is 11.6 Å². The van der Waals surface area contributed by atoms with E-state index >= 15 is 0 Å². The molecular weight excluding hydrogens is 427 g/mol. The first-order valence-corrected chi connectivity index (χ1v) is 10.1. The molecule has 1 amide bonds. The lowest BCUT2D eigenvalue weighted by molar-refractivity contribution is 0.103. The second-order valence-electron chi connectivity index (χ2n) is 6.36. The molecule has 9 heteroatoms. The Labute approximate surface area is 180 Å². The van der Waals surface area contributed by atoms with Gasteiger partial charge < -0.3 is 14.6 Å². The lowest BCUT2D eigenvalue weighted by Crippen LogP contribution is -2.12. The first-order chi connectivity index (χ1) is 14.5. The van der Waals surface area contributed by atoms with Gasteiger partial charge in [-0.25, -0.2) is 14.4 Å². The zero-order valence-electron chi connectivity index (χ0n) is 15.8. The number of nitrogens with zero attached hydrogens (tertiary/aromatic N) is 3. The first-order valence-electron chi connectivity index (χ1n) is 8.93. The molecule has 0 spiro atoms. The molecule has 2 aromatic heterocycles. The zero-order chi connectivity index (χ0) is 21.1. The van der Waals surface area contributed by atoms with Crippen molar-refractivity contribution in [2.45, 2.75) is 13.5 Å². The fourth-order valence-corrected chi connectivity index (χ4v) is 3.78. The molecule has 1 N–H and O–H groups in total. The maximum atomic E-state index is 14.4. The van der Waals surface area contributed by atoms with Crippen LogP contribution in [0, 0.1) is 12.7 Å². The van der Waals surface area contributed by atoms with E-state index in [0.717, 1.165) is 0 Å². The third-order valence-corrected chi connectivity index (χ3v) is 5.59. The minimum absolute atomic E-state index is 0.231. The van der Waals surface area contributed by atoms with Crippen LogP contribution in [-0.4, -0.2) is 20.4 Å². The molecule has 0 saturated heterocycles. The van der Waals surface area contributed by atoms with Gasteiger partial charge in [0.1, 0.15) is 28.1 Å². The van der Waals surface area contributed by atoms with Gasteiger partial charge in [0, 0.05) is 23.1 Å². The van der Waals surface area contributed by atoms with E-state index in [1.54, 1.807) is 60.3 Å². The highest BCUT2D eigenvalue weighted by Crippen LogP contribution is 2.24. The largest absolute Gasteiger partial charge is 0.486 e. The molecule has 152 valence electrons. The van der Waals surface area contributed by atoms with E-state index in [0.29, 0.717) is 37.7 Å². The number of halogens is 2. The van der Waals surface area contributed by atoms with Crippen molar-refractivity contribution in [2.24, 2.45) is 0 Å². The Hall–Kier alpha value is -3.23. The van der Waals surface area contributed by atoms with Gasteiger partial charge in [0.2, 0.25) is 0 Å². The van der Waals surface area contributed by atoms with E-state index in [1.807, 2.05) is 0 Å². The van der Waals surface area contributed by atoms with E-state index < -0.39 is 5.82 Å². The lowest BCUT2D eigenvalue weighted by Gasteiger charge is -2.08. The van der Waals surface area contributed by atoms with Gasteiger partial charge >= 0.3 is 0 Å². The van der Waals surface area contributed by atoms with Gasteiger partial charge in [-0.15, -0.1) is 11.3 Å². The number of rotatable bonds is 6. The van der Waals surface area contributed by atoms with Crippen LogP contribution in [0.15, 0.2) is 61.2 Å². The predicted molar refractivity (Wildman–Crippen MR) is 114 cm³/mol. The number of imidazole rings is 1. The highest BCUT2D eigenvalue weighted by molar-refractivity contribution is 7.13. The normalized spacial score (nSPS) is 10.8. The molecule has 0 fully saturated rings. The topological polar surface area (TPSA) is 69.0 Å². The molecule has 0 unspecified atom stereocenters. The Morgan fingerprint density at radius 1 is 1.27 bits per heavy atom. The summed E-state index contributed by atoms with van der Waals surface area (Å²) in [5.74, 6) is -0.159. The van der Waals surface area contributed by atoms with Crippen LogP contribution in [0.25, 0.3) is 5.69 Å². The van der Waals surface area contributed by atoms with Crippen LogP contribution in [0.4, 0.5) is 10.1 Å². The molecule has 0 atom stereocenters. The highest BCUT2D eigenvalue weighted by atomic mass is 35.5. The van der Waals surface area contributed by atoms with E-state index in [1.165, 1.54) is 23.7 Å². The molecule has 30 heavy (non-hydrogen) atoms. The van der Waals surface area contributed by atoms with E-state index in [-0.39, 0.29) is 12.5 Å². The smallest absolute Gasteiger partial charge is 0.267 e. The molecule has 4 aromatic rings. The summed E-state index contributed by atoms with van der Waals surface area (Å²) in [5.41, 5.74) is 1.29. The van der Waals surface area contributed by atoms with E-state index in [9.17, 15) is 9.18 Å². The minimum atomic E-state index is -0.469. The Morgan fingerprint density at radius 3 is 2.77 bits per heavy atom. The molecule has 2 heterocycles. The average Bonchev–Trinajstić information content (AvgIpc) is 3.37. The summed E-state index contributed by atoms with van der Waals surface area (Å²) >= 11 is 7.10. The van der Waals surface area contributed by atoms with Crippen molar-refractivity contribution in [1.82, 2.24) is 14.5 Å². The Balaban J connectivity index is 1.43. The second kappa shape index (κ2) is 8.64. The van der Waals surface area contributed by atoms with Crippen molar-refractivity contribution < 1.29 is 13.9 Å². The van der Waals surface area contributed by atoms with Crippen LogP contribution in [0.1, 0.15) is 20.4 Å². The van der Waals surface area contributed by atoms with Crippen LogP contribution in [0.5, 0.6) is 5.75 Å². The number of aromatic nitrogens is 3. The van der Waals surface area contributed by atoms with Crippen LogP contribution < -0.4 is 10.1 Å². The summed E-state index contributed by atoms with van der Waals surface area (Å²) in [7, 11) is 0. The number of hydrogen-bond acceptors (Lipinski definition) is 5.